The number of rotatable bonds is 6. The van der Waals surface area contributed by atoms with E-state index in [9.17, 15) is 9.59 Å². The number of likely N-dealkylation sites (tertiary alicyclic amines) is 1. The van der Waals surface area contributed by atoms with E-state index in [1.807, 2.05) is 18.2 Å². The zero-order valence-corrected chi connectivity index (χ0v) is 17.0. The van der Waals surface area contributed by atoms with E-state index >= 15 is 0 Å². The fraction of sp³-hybridized carbons (Fsp3) is 0.474. The van der Waals surface area contributed by atoms with Gasteiger partial charge in [0.15, 0.2) is 11.5 Å². The fourth-order valence-corrected chi connectivity index (χ4v) is 4.11. The van der Waals surface area contributed by atoms with Crippen molar-refractivity contribution < 1.29 is 19.1 Å². The van der Waals surface area contributed by atoms with Crippen molar-refractivity contribution in [3.63, 3.8) is 0 Å². The van der Waals surface area contributed by atoms with Crippen LogP contribution in [0, 0.1) is 0 Å². The molecule has 29 heavy (non-hydrogen) atoms. The molecule has 2 N–H and O–H groups in total. The van der Waals surface area contributed by atoms with Crippen molar-refractivity contribution in [3.05, 3.63) is 18.2 Å². The van der Waals surface area contributed by atoms with Crippen LogP contribution in [0.1, 0.15) is 32.6 Å². The maximum Gasteiger partial charge on any atom is 0.318 e. The Morgan fingerprint density at radius 1 is 1.28 bits per heavy atom. The molecule has 154 valence electrons. The van der Waals surface area contributed by atoms with Gasteiger partial charge in [0, 0.05) is 18.7 Å². The number of urea groups is 1. The normalized spacial score (nSPS) is 17.4. The molecule has 2 aliphatic rings. The molecule has 9 nitrogen and oxygen atoms in total. The molecule has 1 aromatic heterocycles. The second-order valence-electron chi connectivity index (χ2n) is 6.91. The van der Waals surface area contributed by atoms with Crippen LogP contribution in [0.5, 0.6) is 11.5 Å². The molecule has 1 atom stereocenters. The largest absolute Gasteiger partial charge is 0.454 e. The summed E-state index contributed by atoms with van der Waals surface area (Å²) >= 11 is 1.28. The first-order valence-electron chi connectivity index (χ1n) is 9.74. The molecule has 3 heterocycles. The number of nitrogens with zero attached hydrogens (tertiary/aromatic N) is 3. The van der Waals surface area contributed by atoms with E-state index in [-0.39, 0.29) is 18.7 Å². The number of carbonyl (C=O) groups excluding carboxylic acids is 2. The Morgan fingerprint density at radius 3 is 3.00 bits per heavy atom. The third-order valence-electron chi connectivity index (χ3n) is 4.90. The fourth-order valence-electron chi connectivity index (χ4n) is 3.36. The summed E-state index contributed by atoms with van der Waals surface area (Å²) in [5.74, 6) is 1.13. The van der Waals surface area contributed by atoms with Gasteiger partial charge in [-0.2, -0.15) is 0 Å². The first-order chi connectivity index (χ1) is 14.2. The van der Waals surface area contributed by atoms with Crippen molar-refractivity contribution in [1.29, 1.82) is 0 Å². The van der Waals surface area contributed by atoms with Gasteiger partial charge in [0.1, 0.15) is 11.0 Å². The molecule has 1 aromatic carbocycles. The third-order valence-corrected chi connectivity index (χ3v) is 5.79. The molecule has 0 aliphatic carbocycles. The summed E-state index contributed by atoms with van der Waals surface area (Å²) in [6.45, 7) is 3.47. The van der Waals surface area contributed by atoms with Gasteiger partial charge in [0.05, 0.1) is 0 Å². The van der Waals surface area contributed by atoms with Crippen LogP contribution in [0.15, 0.2) is 18.2 Å². The number of hydrogen-bond donors (Lipinski definition) is 2. The summed E-state index contributed by atoms with van der Waals surface area (Å²) in [7, 11) is 0. The highest BCUT2D eigenvalue weighted by Gasteiger charge is 2.34. The van der Waals surface area contributed by atoms with E-state index in [0.29, 0.717) is 41.1 Å². The summed E-state index contributed by atoms with van der Waals surface area (Å²) < 4.78 is 10.7. The number of ether oxygens (including phenoxy) is 2. The topological polar surface area (TPSA) is 106 Å². The van der Waals surface area contributed by atoms with E-state index < -0.39 is 6.04 Å². The third kappa shape index (κ3) is 4.26. The summed E-state index contributed by atoms with van der Waals surface area (Å²) in [4.78, 5) is 26.7. The number of anilines is 1. The minimum Gasteiger partial charge on any atom is -0.454 e. The summed E-state index contributed by atoms with van der Waals surface area (Å²) in [5.41, 5.74) is 0.838. The summed E-state index contributed by atoms with van der Waals surface area (Å²) in [5, 5.41) is 15.0. The summed E-state index contributed by atoms with van der Waals surface area (Å²) in [6.07, 6.45) is 3.37. The lowest BCUT2D eigenvalue weighted by Gasteiger charge is -2.23. The number of carbonyl (C=O) groups is 2. The SMILES string of the molecule is CCCCNC(=O)N1CCCC1C(=O)Nc1nnc(-c2ccc3c(c2)OCO3)s1. The van der Waals surface area contributed by atoms with Gasteiger partial charge in [-0.15, -0.1) is 10.2 Å². The van der Waals surface area contributed by atoms with Crippen LogP contribution in [0.25, 0.3) is 10.6 Å². The second-order valence-corrected chi connectivity index (χ2v) is 7.88. The Morgan fingerprint density at radius 2 is 2.14 bits per heavy atom. The molecule has 2 aliphatic heterocycles. The lowest BCUT2D eigenvalue weighted by Crippen LogP contribution is -2.47. The van der Waals surface area contributed by atoms with E-state index in [0.717, 1.165) is 24.8 Å². The quantitative estimate of drug-likeness (QED) is 0.700. The van der Waals surface area contributed by atoms with Crippen molar-refractivity contribution in [1.82, 2.24) is 20.4 Å². The zero-order valence-electron chi connectivity index (χ0n) is 16.1. The van der Waals surface area contributed by atoms with Gasteiger partial charge in [0.2, 0.25) is 17.8 Å². The molecule has 1 unspecified atom stereocenters. The Kier molecular flexibility index (Phi) is 5.79. The van der Waals surface area contributed by atoms with Crippen LogP contribution in [0.2, 0.25) is 0 Å². The highest BCUT2D eigenvalue weighted by molar-refractivity contribution is 7.18. The van der Waals surface area contributed by atoms with Gasteiger partial charge in [-0.1, -0.05) is 24.7 Å². The number of aromatic nitrogens is 2. The predicted octanol–water partition coefficient (Wildman–Crippen LogP) is 2.85. The maximum atomic E-state index is 12.7. The van der Waals surface area contributed by atoms with Crippen molar-refractivity contribution in [2.75, 3.05) is 25.2 Å². The first kappa shape index (κ1) is 19.4. The molecule has 1 fully saturated rings. The highest BCUT2D eigenvalue weighted by Crippen LogP contribution is 2.37. The molecule has 3 amide bonds. The number of hydrogen-bond acceptors (Lipinski definition) is 7. The minimum absolute atomic E-state index is 0.186. The highest BCUT2D eigenvalue weighted by atomic mass is 32.1. The van der Waals surface area contributed by atoms with E-state index in [1.54, 1.807) is 4.90 Å². The predicted molar refractivity (Wildman–Crippen MR) is 108 cm³/mol. The minimum atomic E-state index is -0.491. The Labute approximate surface area is 172 Å². The van der Waals surface area contributed by atoms with Crippen LogP contribution in [0.3, 0.4) is 0 Å². The maximum absolute atomic E-state index is 12.7. The zero-order chi connectivity index (χ0) is 20.2. The molecule has 0 radical (unpaired) electrons. The van der Waals surface area contributed by atoms with Gasteiger partial charge in [-0.05, 0) is 37.5 Å². The van der Waals surface area contributed by atoms with Crippen LogP contribution < -0.4 is 20.1 Å². The number of amides is 3. The number of benzene rings is 1. The van der Waals surface area contributed by atoms with Crippen molar-refractivity contribution in [3.8, 4) is 22.1 Å². The van der Waals surface area contributed by atoms with Crippen LogP contribution in [-0.2, 0) is 4.79 Å². The van der Waals surface area contributed by atoms with Crippen molar-refractivity contribution in [2.24, 2.45) is 0 Å². The number of unbranched alkanes of at least 4 members (excludes halogenated alkanes) is 1. The molecule has 0 spiro atoms. The monoisotopic (exact) mass is 417 g/mol. The van der Waals surface area contributed by atoms with Gasteiger partial charge in [-0.3, -0.25) is 10.1 Å². The Hall–Kier alpha value is -2.88. The van der Waals surface area contributed by atoms with E-state index in [2.05, 4.69) is 27.8 Å². The van der Waals surface area contributed by atoms with Gasteiger partial charge in [0.25, 0.3) is 0 Å². The van der Waals surface area contributed by atoms with Gasteiger partial charge >= 0.3 is 6.03 Å². The standard InChI is InChI=1S/C19H23N5O4S/c1-2-3-8-20-19(26)24-9-4-5-13(24)16(25)21-18-23-22-17(29-18)12-6-7-14-15(10-12)28-11-27-14/h6-7,10,13H,2-5,8-9,11H2,1H3,(H,20,26)(H,21,23,25). The average molecular weight is 417 g/mol. The molecular formula is C19H23N5O4S. The van der Waals surface area contributed by atoms with Gasteiger partial charge < -0.3 is 19.7 Å². The first-order valence-corrected chi connectivity index (χ1v) is 10.6. The molecule has 4 rings (SSSR count). The number of nitrogens with one attached hydrogen (secondary N) is 2. The lowest BCUT2D eigenvalue weighted by molar-refractivity contribution is -0.119. The number of fused-ring (bicyclic) bond motifs is 1. The molecule has 2 aromatic rings. The van der Waals surface area contributed by atoms with Crippen LogP contribution in [0.4, 0.5) is 9.93 Å². The van der Waals surface area contributed by atoms with Crippen molar-refractivity contribution in [2.45, 2.75) is 38.6 Å². The Bertz CT molecular complexity index is 902. The molecule has 0 bridgehead atoms. The lowest BCUT2D eigenvalue weighted by atomic mass is 10.2. The molecule has 1 saturated heterocycles. The van der Waals surface area contributed by atoms with Crippen molar-refractivity contribution >= 4 is 28.4 Å². The van der Waals surface area contributed by atoms with Gasteiger partial charge in [-0.25, -0.2) is 4.79 Å². The van der Waals surface area contributed by atoms with E-state index in [4.69, 9.17) is 9.47 Å². The van der Waals surface area contributed by atoms with Crippen LogP contribution >= 0.6 is 11.3 Å². The smallest absolute Gasteiger partial charge is 0.318 e. The summed E-state index contributed by atoms with van der Waals surface area (Å²) in [6, 6.07) is 4.86. The average Bonchev–Trinajstić information content (AvgIpc) is 3.47. The Balaban J connectivity index is 1.39. The molecule has 10 heteroatoms. The van der Waals surface area contributed by atoms with Crippen LogP contribution in [-0.4, -0.2) is 53.0 Å². The van der Waals surface area contributed by atoms with E-state index in [1.165, 1.54) is 11.3 Å². The molecule has 0 saturated carbocycles. The molecular weight excluding hydrogens is 394 g/mol. The second kappa shape index (κ2) is 8.64.